The van der Waals surface area contributed by atoms with E-state index in [2.05, 4.69) is 30.3 Å². The first-order valence-corrected chi connectivity index (χ1v) is 12.2. The van der Waals surface area contributed by atoms with Crippen molar-refractivity contribution in [1.82, 2.24) is 14.3 Å². The molecular formula is C22H27N3O4S2. The highest BCUT2D eigenvalue weighted by atomic mass is 32.2. The molecule has 0 saturated heterocycles. The molecule has 166 valence electrons. The molecule has 0 atom stereocenters. The van der Waals surface area contributed by atoms with Crippen molar-refractivity contribution in [3.05, 3.63) is 59.0 Å². The molecule has 0 aliphatic rings. The van der Waals surface area contributed by atoms with E-state index in [4.69, 9.17) is 5.11 Å². The van der Waals surface area contributed by atoms with Crippen molar-refractivity contribution >= 4 is 27.5 Å². The highest BCUT2D eigenvalue weighted by Crippen LogP contribution is 2.38. The van der Waals surface area contributed by atoms with Gasteiger partial charge in [-0.3, -0.25) is 0 Å². The minimum Gasteiger partial charge on any atom is -0.464 e. The van der Waals surface area contributed by atoms with Crippen LogP contribution in [-0.4, -0.2) is 29.2 Å². The van der Waals surface area contributed by atoms with E-state index in [-0.39, 0.29) is 15.5 Å². The van der Waals surface area contributed by atoms with E-state index in [1.807, 2.05) is 50.4 Å². The number of rotatable bonds is 6. The number of sulfonamides is 1. The highest BCUT2D eigenvalue weighted by molar-refractivity contribution is 7.92. The number of nitrogens with one attached hydrogen (secondary N) is 1. The number of carboxylic acid groups (broad SMARTS) is 1. The Hall–Kier alpha value is -2.65. The second kappa shape index (κ2) is 8.47. The van der Waals surface area contributed by atoms with Crippen LogP contribution in [0.25, 0.3) is 11.1 Å². The van der Waals surface area contributed by atoms with Crippen molar-refractivity contribution in [2.75, 3.05) is 0 Å². The topological polar surface area (TPSA) is 101 Å². The molecule has 2 aromatic heterocycles. The normalized spacial score (nSPS) is 12.3. The molecular weight excluding hydrogens is 434 g/mol. The van der Waals surface area contributed by atoms with E-state index in [0.29, 0.717) is 12.1 Å². The molecule has 0 fully saturated rings. The molecule has 31 heavy (non-hydrogen) atoms. The maximum absolute atomic E-state index is 12.6. The van der Waals surface area contributed by atoms with Gasteiger partial charge in [0, 0.05) is 34.8 Å². The van der Waals surface area contributed by atoms with E-state index in [0.717, 1.165) is 33.2 Å². The Morgan fingerprint density at radius 3 is 2.42 bits per heavy atom. The largest absolute Gasteiger partial charge is 0.464 e. The van der Waals surface area contributed by atoms with E-state index < -0.39 is 16.1 Å². The van der Waals surface area contributed by atoms with Crippen molar-refractivity contribution in [1.29, 1.82) is 0 Å². The fourth-order valence-electron chi connectivity index (χ4n) is 3.31. The van der Waals surface area contributed by atoms with Gasteiger partial charge in [-0.2, -0.15) is 0 Å². The smallest absolute Gasteiger partial charge is 0.418 e. The predicted octanol–water partition coefficient (Wildman–Crippen LogP) is 5.04. The number of amides is 1. The van der Waals surface area contributed by atoms with Crippen molar-refractivity contribution < 1.29 is 18.3 Å². The number of hydrogen-bond acceptors (Lipinski definition) is 5. The molecule has 9 heteroatoms. The third kappa shape index (κ3) is 5.16. The summed E-state index contributed by atoms with van der Waals surface area (Å²) in [5.74, 6) is 1.11. The summed E-state index contributed by atoms with van der Waals surface area (Å²) in [4.78, 5) is 16.3. The maximum atomic E-state index is 12.6. The first-order valence-electron chi connectivity index (χ1n) is 9.89. The van der Waals surface area contributed by atoms with Gasteiger partial charge in [-0.25, -0.2) is 22.9 Å². The van der Waals surface area contributed by atoms with Crippen LogP contribution in [0.3, 0.4) is 0 Å². The van der Waals surface area contributed by atoms with Gasteiger partial charge in [0.2, 0.25) is 0 Å². The lowest BCUT2D eigenvalue weighted by atomic mass is 9.95. The van der Waals surface area contributed by atoms with Crippen molar-refractivity contribution in [2.24, 2.45) is 0 Å². The van der Waals surface area contributed by atoms with E-state index in [9.17, 15) is 13.2 Å². The first kappa shape index (κ1) is 23.0. The molecule has 2 N–H and O–H groups in total. The molecule has 0 unspecified atom stereocenters. The Balaban J connectivity index is 1.96. The van der Waals surface area contributed by atoms with Gasteiger partial charge < -0.3 is 9.67 Å². The average molecular weight is 462 g/mol. The molecule has 1 amide bonds. The maximum Gasteiger partial charge on any atom is 0.418 e. The molecule has 7 nitrogen and oxygen atoms in total. The standard InChI is InChI=1S/C22H27N3O4S2/c1-14(2)18-12-17(19(30-18)31(28,29)24-21(26)27)16-8-6-15(7-9-16)13-25-11-10-23-20(25)22(3,4)5/h6-12,14,24H,13H2,1-5H3,(H,26,27). The van der Waals surface area contributed by atoms with Crippen molar-refractivity contribution in [3.63, 3.8) is 0 Å². The van der Waals surface area contributed by atoms with Crippen LogP contribution < -0.4 is 4.72 Å². The summed E-state index contributed by atoms with van der Waals surface area (Å²) in [6.45, 7) is 10.9. The molecule has 0 aliphatic heterocycles. The molecule has 0 bridgehead atoms. The van der Waals surface area contributed by atoms with Gasteiger partial charge in [0.05, 0.1) is 0 Å². The fourth-order valence-corrected chi connectivity index (χ4v) is 5.86. The van der Waals surface area contributed by atoms with Crippen molar-refractivity contribution in [2.45, 2.75) is 56.7 Å². The fraction of sp³-hybridized carbons (Fsp3) is 0.364. The molecule has 0 radical (unpaired) electrons. The Morgan fingerprint density at radius 1 is 1.23 bits per heavy atom. The van der Waals surface area contributed by atoms with Gasteiger partial charge in [0.25, 0.3) is 10.0 Å². The highest BCUT2D eigenvalue weighted by Gasteiger charge is 2.26. The Bertz CT molecular complexity index is 1180. The Kier molecular flexibility index (Phi) is 6.29. The summed E-state index contributed by atoms with van der Waals surface area (Å²) in [5, 5.41) is 8.93. The predicted molar refractivity (Wildman–Crippen MR) is 122 cm³/mol. The van der Waals surface area contributed by atoms with Gasteiger partial charge in [0.15, 0.2) is 0 Å². The summed E-state index contributed by atoms with van der Waals surface area (Å²) in [7, 11) is -4.17. The first-order chi connectivity index (χ1) is 14.4. The van der Waals surface area contributed by atoms with Gasteiger partial charge >= 0.3 is 6.09 Å². The van der Waals surface area contributed by atoms with Crippen LogP contribution in [0.2, 0.25) is 0 Å². The van der Waals surface area contributed by atoms with Gasteiger partial charge in [0.1, 0.15) is 10.0 Å². The number of thiophene rings is 1. The summed E-state index contributed by atoms with van der Waals surface area (Å²) in [5.41, 5.74) is 2.21. The van der Waals surface area contributed by atoms with Crippen LogP contribution in [-0.2, 0) is 22.0 Å². The number of imidazole rings is 1. The average Bonchev–Trinajstić information content (AvgIpc) is 3.28. The lowest BCUT2D eigenvalue weighted by Gasteiger charge is -2.20. The monoisotopic (exact) mass is 461 g/mol. The van der Waals surface area contributed by atoms with Gasteiger partial charge in [-0.15, -0.1) is 11.3 Å². The molecule has 0 spiro atoms. The van der Waals surface area contributed by atoms with E-state index in [1.54, 1.807) is 10.9 Å². The van der Waals surface area contributed by atoms with Crippen LogP contribution >= 0.6 is 11.3 Å². The SMILES string of the molecule is CC(C)c1cc(-c2ccc(Cn3ccnc3C(C)(C)C)cc2)c(S(=O)(=O)NC(=O)O)s1. The Labute approximate surface area is 186 Å². The minimum absolute atomic E-state index is 0.0102. The third-order valence-electron chi connectivity index (χ3n) is 4.76. The number of carbonyl (C=O) groups is 1. The molecule has 0 saturated carbocycles. The number of aromatic nitrogens is 2. The molecule has 3 rings (SSSR count). The molecule has 3 aromatic rings. The number of hydrogen-bond donors (Lipinski definition) is 2. The molecule has 0 aliphatic carbocycles. The second-order valence-corrected chi connectivity index (χ2v) is 11.7. The van der Waals surface area contributed by atoms with Crippen LogP contribution in [0.1, 0.15) is 56.8 Å². The lowest BCUT2D eigenvalue weighted by molar-refractivity contribution is 0.201. The quantitative estimate of drug-likeness (QED) is 0.536. The number of nitrogens with zero attached hydrogens (tertiary/aromatic N) is 2. The summed E-state index contributed by atoms with van der Waals surface area (Å²) < 4.78 is 28.9. The summed E-state index contributed by atoms with van der Waals surface area (Å²) >= 11 is 1.10. The molecule has 2 heterocycles. The molecule has 1 aromatic carbocycles. The zero-order valence-electron chi connectivity index (χ0n) is 18.2. The summed E-state index contributed by atoms with van der Waals surface area (Å²) in [6.07, 6.45) is 2.14. The van der Waals surface area contributed by atoms with E-state index in [1.165, 1.54) is 0 Å². The van der Waals surface area contributed by atoms with Crippen LogP contribution in [0.4, 0.5) is 4.79 Å². The van der Waals surface area contributed by atoms with Gasteiger partial charge in [-0.1, -0.05) is 58.9 Å². The van der Waals surface area contributed by atoms with Crippen LogP contribution in [0, 0.1) is 0 Å². The lowest BCUT2D eigenvalue weighted by Crippen LogP contribution is -2.28. The zero-order valence-corrected chi connectivity index (χ0v) is 19.8. The zero-order chi connectivity index (χ0) is 23.0. The summed E-state index contributed by atoms with van der Waals surface area (Å²) in [6, 6.07) is 9.48. The van der Waals surface area contributed by atoms with E-state index >= 15 is 0 Å². The van der Waals surface area contributed by atoms with Crippen LogP contribution in [0.5, 0.6) is 0 Å². The minimum atomic E-state index is -4.17. The second-order valence-electron chi connectivity index (χ2n) is 8.74. The third-order valence-corrected chi connectivity index (χ3v) is 8.05. The Morgan fingerprint density at radius 2 is 1.87 bits per heavy atom. The van der Waals surface area contributed by atoms with Crippen LogP contribution in [0.15, 0.2) is 46.9 Å². The van der Waals surface area contributed by atoms with Crippen molar-refractivity contribution in [3.8, 4) is 11.1 Å². The van der Waals surface area contributed by atoms with Gasteiger partial charge in [-0.05, 0) is 23.1 Å². The number of benzene rings is 1.